The van der Waals surface area contributed by atoms with Crippen molar-refractivity contribution in [3.8, 4) is 61.8 Å². The highest BCUT2D eigenvalue weighted by atomic mass is 15.0. The summed E-state index contributed by atoms with van der Waals surface area (Å²) in [6.07, 6.45) is 0. The highest BCUT2D eigenvalue weighted by Crippen LogP contribution is 2.63. The zero-order valence-corrected chi connectivity index (χ0v) is 31.4. The van der Waals surface area contributed by atoms with Crippen LogP contribution in [0.15, 0.2) is 164 Å². The van der Waals surface area contributed by atoms with E-state index < -0.39 is 0 Å². The first-order chi connectivity index (χ1) is 26.8. The van der Waals surface area contributed by atoms with Crippen LogP contribution in [-0.4, -0.2) is 14.5 Å². The standard InChI is InChI=1S/C52H39N3/c1-51(2)39-24-14-11-21-36(39)44-45-38-23-13-16-26-43(38)55(49(45)46-37-22-12-15-25-40(37)52(3,4)48(46)47(44)51)35-29-27-34(28-30-35)50-53-41(32-17-7-5-8-18-32)31-42(54-50)33-19-9-6-10-20-33/h5-31H,1-4H3. The first kappa shape index (κ1) is 31.9. The van der Waals surface area contributed by atoms with Crippen molar-refractivity contribution >= 4 is 21.8 Å². The van der Waals surface area contributed by atoms with E-state index in [9.17, 15) is 0 Å². The van der Waals surface area contributed by atoms with E-state index in [1.165, 1.54) is 66.3 Å². The van der Waals surface area contributed by atoms with Crippen LogP contribution in [0.25, 0.3) is 83.6 Å². The Morgan fingerprint density at radius 3 is 1.55 bits per heavy atom. The van der Waals surface area contributed by atoms with Crippen LogP contribution in [0.3, 0.4) is 0 Å². The van der Waals surface area contributed by atoms with Crippen molar-refractivity contribution in [1.29, 1.82) is 0 Å². The molecule has 55 heavy (non-hydrogen) atoms. The molecule has 0 radical (unpaired) electrons. The second-order valence-electron chi connectivity index (χ2n) is 16.2. The van der Waals surface area contributed by atoms with Gasteiger partial charge >= 0.3 is 0 Å². The van der Waals surface area contributed by atoms with Gasteiger partial charge in [-0.25, -0.2) is 9.97 Å². The number of hydrogen-bond acceptors (Lipinski definition) is 2. The molecule has 2 aliphatic rings. The van der Waals surface area contributed by atoms with E-state index in [4.69, 9.17) is 9.97 Å². The molecule has 0 saturated carbocycles. The highest BCUT2D eigenvalue weighted by Gasteiger charge is 2.48. The molecule has 0 aliphatic heterocycles. The minimum absolute atomic E-state index is 0.152. The fourth-order valence-electron chi connectivity index (χ4n) is 9.88. The molecule has 0 fully saturated rings. The van der Waals surface area contributed by atoms with Crippen LogP contribution in [0.1, 0.15) is 49.9 Å². The van der Waals surface area contributed by atoms with Crippen LogP contribution in [0, 0.1) is 0 Å². The Kier molecular flexibility index (Phi) is 6.65. The maximum Gasteiger partial charge on any atom is 0.160 e. The largest absolute Gasteiger partial charge is 0.309 e. The van der Waals surface area contributed by atoms with Gasteiger partial charge in [0.2, 0.25) is 0 Å². The first-order valence-corrected chi connectivity index (χ1v) is 19.3. The summed E-state index contributed by atoms with van der Waals surface area (Å²) in [7, 11) is 0. The molecule has 0 amide bonds. The Morgan fingerprint density at radius 1 is 0.455 bits per heavy atom. The molecule has 7 aromatic carbocycles. The van der Waals surface area contributed by atoms with E-state index in [2.05, 4.69) is 184 Å². The van der Waals surface area contributed by atoms with Gasteiger partial charge in [-0.05, 0) is 75.3 Å². The SMILES string of the molecule is CC1(C)c2ccccc2-c2c1c1c(c3c2c2ccccc2n3-c2ccc(-c3nc(-c4ccccc4)cc(-c4ccccc4)n3)cc2)-c2ccccc2C1(C)C. The maximum absolute atomic E-state index is 5.14. The van der Waals surface area contributed by atoms with Crippen molar-refractivity contribution in [2.24, 2.45) is 0 Å². The smallest absolute Gasteiger partial charge is 0.160 e. The molecule has 3 heteroatoms. The average molecular weight is 706 g/mol. The minimum atomic E-state index is -0.174. The van der Waals surface area contributed by atoms with Crippen LogP contribution >= 0.6 is 0 Å². The number of para-hydroxylation sites is 1. The second kappa shape index (κ2) is 11.5. The monoisotopic (exact) mass is 705 g/mol. The van der Waals surface area contributed by atoms with Gasteiger partial charge in [0.05, 0.1) is 22.4 Å². The van der Waals surface area contributed by atoms with Gasteiger partial charge in [0.1, 0.15) is 0 Å². The fraction of sp³-hybridized carbons (Fsp3) is 0.115. The van der Waals surface area contributed by atoms with Crippen molar-refractivity contribution in [3.63, 3.8) is 0 Å². The van der Waals surface area contributed by atoms with E-state index in [0.717, 1.165) is 33.8 Å². The van der Waals surface area contributed by atoms with Gasteiger partial charge in [0.25, 0.3) is 0 Å². The topological polar surface area (TPSA) is 30.7 Å². The van der Waals surface area contributed by atoms with Crippen LogP contribution in [0.2, 0.25) is 0 Å². The molecule has 0 saturated heterocycles. The molecule has 9 aromatic rings. The number of nitrogens with zero attached hydrogens (tertiary/aromatic N) is 3. The molecule has 0 atom stereocenters. The van der Waals surface area contributed by atoms with Crippen molar-refractivity contribution in [2.45, 2.75) is 38.5 Å². The Bertz CT molecular complexity index is 2950. The summed E-state index contributed by atoms with van der Waals surface area (Å²) in [5.41, 5.74) is 19.4. The summed E-state index contributed by atoms with van der Waals surface area (Å²) in [5, 5.41) is 2.62. The van der Waals surface area contributed by atoms with Gasteiger partial charge < -0.3 is 4.57 Å². The zero-order valence-electron chi connectivity index (χ0n) is 31.4. The molecule has 262 valence electrons. The molecule has 2 heterocycles. The van der Waals surface area contributed by atoms with Gasteiger partial charge in [-0.3, -0.25) is 0 Å². The summed E-state index contributed by atoms with van der Waals surface area (Å²) in [6.45, 7) is 9.72. The van der Waals surface area contributed by atoms with Crippen molar-refractivity contribution in [1.82, 2.24) is 14.5 Å². The fourth-order valence-corrected chi connectivity index (χ4v) is 9.88. The van der Waals surface area contributed by atoms with Crippen LogP contribution in [0.5, 0.6) is 0 Å². The van der Waals surface area contributed by atoms with Gasteiger partial charge in [-0.2, -0.15) is 0 Å². The van der Waals surface area contributed by atoms with Crippen molar-refractivity contribution < 1.29 is 0 Å². The molecular weight excluding hydrogens is 667 g/mol. The van der Waals surface area contributed by atoms with Gasteiger partial charge in [0, 0.05) is 49.5 Å². The number of rotatable bonds is 4. The Morgan fingerprint density at radius 2 is 0.945 bits per heavy atom. The minimum Gasteiger partial charge on any atom is -0.309 e. The molecule has 2 aromatic heterocycles. The lowest BCUT2D eigenvalue weighted by Crippen LogP contribution is -2.24. The van der Waals surface area contributed by atoms with E-state index in [1.54, 1.807) is 0 Å². The predicted octanol–water partition coefficient (Wildman–Crippen LogP) is 13.2. The van der Waals surface area contributed by atoms with Gasteiger partial charge in [-0.1, -0.05) is 155 Å². The highest BCUT2D eigenvalue weighted by molar-refractivity contribution is 6.23. The van der Waals surface area contributed by atoms with Gasteiger partial charge in [0.15, 0.2) is 5.82 Å². The number of aromatic nitrogens is 3. The molecule has 3 nitrogen and oxygen atoms in total. The summed E-state index contributed by atoms with van der Waals surface area (Å²) in [5.74, 6) is 0.710. The molecule has 0 N–H and O–H groups in total. The number of hydrogen-bond donors (Lipinski definition) is 0. The third kappa shape index (κ3) is 4.44. The normalized spacial score (nSPS) is 14.5. The second-order valence-corrected chi connectivity index (χ2v) is 16.2. The third-order valence-corrected chi connectivity index (χ3v) is 12.3. The van der Waals surface area contributed by atoms with Crippen LogP contribution in [0.4, 0.5) is 0 Å². The molecule has 2 aliphatic carbocycles. The maximum atomic E-state index is 5.14. The first-order valence-electron chi connectivity index (χ1n) is 19.3. The van der Waals surface area contributed by atoms with E-state index in [-0.39, 0.29) is 10.8 Å². The van der Waals surface area contributed by atoms with Crippen LogP contribution in [-0.2, 0) is 10.8 Å². The lowest BCUT2D eigenvalue weighted by molar-refractivity contribution is 0.602. The Hall–Kier alpha value is -6.58. The summed E-state index contributed by atoms with van der Waals surface area (Å²) < 4.78 is 2.52. The van der Waals surface area contributed by atoms with E-state index in [0.29, 0.717) is 5.82 Å². The molecular formula is C52H39N3. The van der Waals surface area contributed by atoms with E-state index in [1.807, 2.05) is 12.1 Å². The third-order valence-electron chi connectivity index (χ3n) is 12.3. The number of fused-ring (bicyclic) bond motifs is 12. The van der Waals surface area contributed by atoms with Crippen molar-refractivity contribution in [3.05, 3.63) is 186 Å². The van der Waals surface area contributed by atoms with Crippen LogP contribution < -0.4 is 0 Å². The summed E-state index contributed by atoms with van der Waals surface area (Å²) >= 11 is 0. The Labute approximate surface area is 321 Å². The predicted molar refractivity (Wildman–Crippen MR) is 228 cm³/mol. The van der Waals surface area contributed by atoms with E-state index >= 15 is 0 Å². The summed E-state index contributed by atoms with van der Waals surface area (Å²) in [6, 6.07) is 59.0. The van der Waals surface area contributed by atoms with Gasteiger partial charge in [-0.15, -0.1) is 0 Å². The molecule has 11 rings (SSSR count). The quantitative estimate of drug-likeness (QED) is 0.182. The van der Waals surface area contributed by atoms with Crippen molar-refractivity contribution in [2.75, 3.05) is 0 Å². The summed E-state index contributed by atoms with van der Waals surface area (Å²) in [4.78, 5) is 10.3. The molecule has 0 bridgehead atoms. The lowest BCUT2D eigenvalue weighted by Gasteiger charge is -2.31. The molecule has 0 unspecified atom stereocenters. The number of benzene rings is 7. The average Bonchev–Trinajstić information content (AvgIpc) is 3.78. The molecule has 0 spiro atoms. The lowest BCUT2D eigenvalue weighted by atomic mass is 9.72. The zero-order chi connectivity index (χ0) is 37.1. The Balaban J connectivity index is 1.19.